The molecule has 0 aromatic heterocycles. The van der Waals surface area contributed by atoms with Gasteiger partial charge in [0, 0.05) is 41.9 Å². The fourth-order valence-electron chi connectivity index (χ4n) is 1.05. The van der Waals surface area contributed by atoms with E-state index in [0.717, 1.165) is 24.6 Å². The van der Waals surface area contributed by atoms with Gasteiger partial charge in [-0.1, -0.05) is 12.2 Å². The summed E-state index contributed by atoms with van der Waals surface area (Å²) in [6.45, 7) is 2.40. The molecular weight excluding hydrogens is 180 g/mol. The first-order chi connectivity index (χ1) is 5.18. The Hall–Kier alpha value is -0.0000000000000000555. The van der Waals surface area contributed by atoms with Crippen LogP contribution in [-0.4, -0.2) is 45.2 Å². The summed E-state index contributed by atoms with van der Waals surface area (Å²) < 4.78 is 10.9. The van der Waals surface area contributed by atoms with E-state index in [1.54, 1.807) is 0 Å². The van der Waals surface area contributed by atoms with Crippen LogP contribution in [0.5, 0.6) is 0 Å². The average molecular weight is 192 g/mol. The number of nitrogens with zero attached hydrogens (tertiary/aromatic N) is 1. The van der Waals surface area contributed by atoms with E-state index >= 15 is 0 Å². The smallest absolute Gasteiger partial charge is 0.0870 e. The van der Waals surface area contributed by atoms with Crippen LogP contribution in [0, 0.1) is 0 Å². The molecule has 1 heterocycles. The van der Waals surface area contributed by atoms with Gasteiger partial charge in [-0.3, -0.25) is 9.11 Å². The van der Waals surface area contributed by atoms with Gasteiger partial charge in [0.2, 0.25) is 0 Å². The Balaban J connectivity index is 2.28. The molecule has 0 amide bonds. The second-order valence-corrected chi connectivity index (χ2v) is 4.81. The highest BCUT2D eigenvalue weighted by Crippen LogP contribution is 1.98. The topological polar surface area (TPSA) is 46.3 Å². The zero-order valence-corrected chi connectivity index (χ0v) is 7.92. The highest BCUT2D eigenvalue weighted by molar-refractivity contribution is 7.85. The minimum Gasteiger partial charge on any atom is -0.392 e. The predicted molar refractivity (Wildman–Crippen MR) is 51.1 cm³/mol. The Kier molecular flexibility index (Phi) is 3.42. The van der Waals surface area contributed by atoms with Gasteiger partial charge in [0.05, 0.1) is 4.99 Å². The lowest BCUT2D eigenvalue weighted by Gasteiger charge is -2.25. The van der Waals surface area contributed by atoms with E-state index in [0.29, 0.717) is 11.5 Å². The maximum atomic E-state index is 10.9. The number of rotatable bonds is 2. The van der Waals surface area contributed by atoms with Crippen molar-refractivity contribution < 1.29 is 4.21 Å². The molecule has 0 saturated carbocycles. The summed E-state index contributed by atoms with van der Waals surface area (Å²) in [5.41, 5.74) is 5.37. The van der Waals surface area contributed by atoms with E-state index in [2.05, 4.69) is 4.90 Å². The number of nitrogens with two attached hydrogens (primary N) is 1. The summed E-state index contributed by atoms with van der Waals surface area (Å²) in [6, 6.07) is 0. The van der Waals surface area contributed by atoms with Gasteiger partial charge in [-0.05, 0) is 0 Å². The van der Waals surface area contributed by atoms with Crippen LogP contribution in [0.25, 0.3) is 0 Å². The van der Waals surface area contributed by atoms with Gasteiger partial charge in [0.15, 0.2) is 0 Å². The van der Waals surface area contributed by atoms with Crippen LogP contribution < -0.4 is 5.73 Å². The minimum absolute atomic E-state index is 0.526. The van der Waals surface area contributed by atoms with Gasteiger partial charge < -0.3 is 5.73 Å². The Morgan fingerprint density at radius 3 is 2.55 bits per heavy atom. The zero-order chi connectivity index (χ0) is 8.27. The monoisotopic (exact) mass is 192 g/mol. The van der Waals surface area contributed by atoms with Crippen LogP contribution in [0.2, 0.25) is 0 Å². The molecule has 3 nitrogen and oxygen atoms in total. The molecule has 1 saturated heterocycles. The van der Waals surface area contributed by atoms with Crippen molar-refractivity contribution in [2.45, 2.75) is 0 Å². The summed E-state index contributed by atoms with van der Waals surface area (Å²) in [6.07, 6.45) is 0. The molecule has 1 aliphatic rings. The third-order valence-electron chi connectivity index (χ3n) is 1.65. The van der Waals surface area contributed by atoms with Crippen LogP contribution in [-0.2, 0) is 10.8 Å². The van der Waals surface area contributed by atoms with E-state index < -0.39 is 10.8 Å². The summed E-state index contributed by atoms with van der Waals surface area (Å²) in [7, 11) is -0.601. The third-order valence-corrected chi connectivity index (χ3v) is 3.05. The molecule has 0 atom stereocenters. The largest absolute Gasteiger partial charge is 0.392 e. The Morgan fingerprint density at radius 1 is 1.55 bits per heavy atom. The Labute approximate surface area is 74.4 Å². The molecule has 1 rings (SSSR count). The lowest BCUT2D eigenvalue weighted by Crippen LogP contribution is -2.41. The highest BCUT2D eigenvalue weighted by Gasteiger charge is 2.14. The molecule has 1 aliphatic heterocycles. The van der Waals surface area contributed by atoms with Crippen molar-refractivity contribution in [1.82, 2.24) is 4.90 Å². The first kappa shape index (κ1) is 9.09. The van der Waals surface area contributed by atoms with E-state index in [1.807, 2.05) is 0 Å². The van der Waals surface area contributed by atoms with Crippen LogP contribution in [0.4, 0.5) is 0 Å². The van der Waals surface area contributed by atoms with Gasteiger partial charge in [-0.2, -0.15) is 0 Å². The van der Waals surface area contributed by atoms with E-state index in [-0.39, 0.29) is 0 Å². The molecular formula is C6H12N2OS2. The third kappa shape index (κ3) is 3.27. The van der Waals surface area contributed by atoms with Crippen LogP contribution >= 0.6 is 12.2 Å². The maximum absolute atomic E-state index is 10.9. The molecule has 1 fully saturated rings. The van der Waals surface area contributed by atoms with E-state index in [9.17, 15) is 4.21 Å². The molecule has 0 spiro atoms. The minimum atomic E-state index is -0.601. The van der Waals surface area contributed by atoms with Crippen molar-refractivity contribution in [3.8, 4) is 0 Å². The maximum Gasteiger partial charge on any atom is 0.0870 e. The molecule has 11 heavy (non-hydrogen) atoms. The molecule has 64 valence electrons. The summed E-state index contributed by atoms with van der Waals surface area (Å²) in [5, 5.41) is 0. The van der Waals surface area contributed by atoms with E-state index in [1.165, 1.54) is 0 Å². The lowest BCUT2D eigenvalue weighted by molar-refractivity contribution is 0.342. The van der Waals surface area contributed by atoms with Crippen molar-refractivity contribution in [2.75, 3.05) is 31.1 Å². The molecule has 0 unspecified atom stereocenters. The van der Waals surface area contributed by atoms with Gasteiger partial charge in [0.25, 0.3) is 0 Å². The normalized spacial score (nSPS) is 21.8. The molecule has 0 bridgehead atoms. The first-order valence-corrected chi connectivity index (χ1v) is 5.44. The Morgan fingerprint density at radius 2 is 2.09 bits per heavy atom. The first-order valence-electron chi connectivity index (χ1n) is 3.54. The standard InChI is InChI=1S/C6H12N2OS2/c7-6(10)5-8-1-3-11(9)4-2-8/h1-5H2,(H2,7,10). The predicted octanol–water partition coefficient (Wildman–Crippen LogP) is -0.663. The number of hydrogen-bond acceptors (Lipinski definition) is 3. The van der Waals surface area contributed by atoms with Crippen molar-refractivity contribution in [3.05, 3.63) is 0 Å². The average Bonchev–Trinajstić information content (AvgIpc) is 1.93. The number of hydrogen-bond donors (Lipinski definition) is 1. The summed E-state index contributed by atoms with van der Waals surface area (Å²) in [5.74, 6) is 1.53. The second-order valence-electron chi connectivity index (χ2n) is 2.59. The second kappa shape index (κ2) is 4.13. The zero-order valence-electron chi connectivity index (χ0n) is 6.28. The molecule has 0 aromatic carbocycles. The molecule has 0 aliphatic carbocycles. The fourth-order valence-corrected chi connectivity index (χ4v) is 2.36. The Bertz CT molecular complexity index is 173. The van der Waals surface area contributed by atoms with E-state index in [4.69, 9.17) is 18.0 Å². The van der Waals surface area contributed by atoms with Gasteiger partial charge in [-0.15, -0.1) is 0 Å². The van der Waals surface area contributed by atoms with Crippen LogP contribution in [0.15, 0.2) is 0 Å². The molecule has 2 N–H and O–H groups in total. The highest BCUT2D eigenvalue weighted by atomic mass is 32.2. The molecule has 5 heteroatoms. The van der Waals surface area contributed by atoms with Crippen LogP contribution in [0.1, 0.15) is 0 Å². The number of thiocarbonyl (C=S) groups is 1. The fraction of sp³-hybridized carbons (Fsp3) is 0.833. The quantitative estimate of drug-likeness (QED) is 0.590. The van der Waals surface area contributed by atoms with Crippen molar-refractivity contribution in [3.63, 3.8) is 0 Å². The van der Waals surface area contributed by atoms with Crippen molar-refractivity contribution in [2.24, 2.45) is 5.73 Å². The van der Waals surface area contributed by atoms with Crippen LogP contribution in [0.3, 0.4) is 0 Å². The molecule has 0 radical (unpaired) electrons. The van der Waals surface area contributed by atoms with Gasteiger partial charge in [-0.25, -0.2) is 0 Å². The summed E-state index contributed by atoms with van der Waals surface area (Å²) in [4.78, 5) is 2.67. The molecule has 0 aromatic rings. The summed E-state index contributed by atoms with van der Waals surface area (Å²) >= 11 is 4.77. The van der Waals surface area contributed by atoms with Gasteiger partial charge in [0.1, 0.15) is 0 Å². The lowest BCUT2D eigenvalue weighted by atomic mass is 10.4. The SMILES string of the molecule is NC(=S)CN1CCS(=O)CC1. The van der Waals surface area contributed by atoms with Gasteiger partial charge >= 0.3 is 0 Å². The van der Waals surface area contributed by atoms with Crippen molar-refractivity contribution >= 4 is 28.0 Å². The van der Waals surface area contributed by atoms with Crippen molar-refractivity contribution in [1.29, 1.82) is 0 Å².